The highest BCUT2D eigenvalue weighted by Crippen LogP contribution is 2.34. The molecule has 0 fully saturated rings. The maximum atomic E-state index is 12.1. The first-order chi connectivity index (χ1) is 10.2. The summed E-state index contributed by atoms with van der Waals surface area (Å²) in [4.78, 5) is 12.1. The van der Waals surface area contributed by atoms with E-state index in [0.29, 0.717) is 5.76 Å². The van der Waals surface area contributed by atoms with Crippen molar-refractivity contribution >= 4 is 5.97 Å². The number of benzene rings is 1. The summed E-state index contributed by atoms with van der Waals surface area (Å²) in [7, 11) is 0. The number of ether oxygens (including phenoxy) is 1. The quantitative estimate of drug-likeness (QED) is 0.917. The number of hydrogen-bond acceptors (Lipinski definition) is 4. The summed E-state index contributed by atoms with van der Waals surface area (Å²) < 4.78 is 11.0. The fourth-order valence-electron chi connectivity index (χ4n) is 2.37. The molecule has 2 aromatic rings. The molecule has 0 amide bonds. The molecule has 1 unspecified atom stereocenters. The lowest BCUT2D eigenvalue weighted by atomic mass is 9.89. The van der Waals surface area contributed by atoms with Crippen LogP contribution in [0.2, 0.25) is 0 Å². The molecule has 118 valence electrons. The highest BCUT2D eigenvalue weighted by atomic mass is 16.6. The van der Waals surface area contributed by atoms with Crippen molar-refractivity contribution in [3.8, 4) is 0 Å². The second kappa shape index (κ2) is 5.93. The number of carboxylic acids is 1. The number of carboxylic acid groups (broad SMARTS) is 1. The molecule has 0 aliphatic rings. The normalized spacial score (nSPS) is 14.5. The van der Waals surface area contributed by atoms with Crippen molar-refractivity contribution in [2.45, 2.75) is 45.3 Å². The third kappa shape index (κ3) is 3.54. The topological polar surface area (TPSA) is 72.6 Å². The SMILES string of the molecule is Cc1cc(C(Cc2ccccc2)(OC(C)(C)C)C(=O)O)no1. The van der Waals surface area contributed by atoms with E-state index >= 15 is 0 Å². The summed E-state index contributed by atoms with van der Waals surface area (Å²) >= 11 is 0. The van der Waals surface area contributed by atoms with Crippen LogP contribution >= 0.6 is 0 Å². The monoisotopic (exact) mass is 303 g/mol. The minimum atomic E-state index is -1.59. The van der Waals surface area contributed by atoms with E-state index in [4.69, 9.17) is 9.26 Å². The van der Waals surface area contributed by atoms with Gasteiger partial charge in [-0.05, 0) is 33.3 Å². The molecule has 1 N–H and O–H groups in total. The van der Waals surface area contributed by atoms with Gasteiger partial charge in [-0.25, -0.2) is 4.79 Å². The van der Waals surface area contributed by atoms with E-state index in [1.165, 1.54) is 0 Å². The molecule has 0 bridgehead atoms. The molecule has 5 nitrogen and oxygen atoms in total. The summed E-state index contributed by atoms with van der Waals surface area (Å²) in [5.41, 5.74) is -1.11. The molecule has 1 aromatic heterocycles. The van der Waals surface area contributed by atoms with Crippen LogP contribution in [0.4, 0.5) is 0 Å². The average Bonchev–Trinajstić information content (AvgIpc) is 2.84. The Balaban J connectivity index is 2.52. The van der Waals surface area contributed by atoms with Gasteiger partial charge in [-0.1, -0.05) is 35.5 Å². The predicted molar refractivity (Wildman–Crippen MR) is 81.5 cm³/mol. The smallest absolute Gasteiger partial charge is 0.342 e. The number of nitrogens with zero attached hydrogens (tertiary/aromatic N) is 1. The Bertz CT molecular complexity index is 642. The zero-order chi connectivity index (χ0) is 16.4. The second-order valence-electron chi connectivity index (χ2n) is 6.33. The Kier molecular flexibility index (Phi) is 4.37. The van der Waals surface area contributed by atoms with Crippen LogP contribution in [-0.4, -0.2) is 21.8 Å². The molecule has 0 aliphatic heterocycles. The van der Waals surface area contributed by atoms with Gasteiger partial charge < -0.3 is 14.4 Å². The molecule has 0 saturated heterocycles. The summed E-state index contributed by atoms with van der Waals surface area (Å²) in [6.07, 6.45) is 0.173. The van der Waals surface area contributed by atoms with Crippen LogP contribution in [-0.2, 0) is 21.6 Å². The van der Waals surface area contributed by atoms with Crippen LogP contribution in [0, 0.1) is 6.92 Å². The Morgan fingerprint density at radius 3 is 2.36 bits per heavy atom. The van der Waals surface area contributed by atoms with Crippen LogP contribution in [0.5, 0.6) is 0 Å². The van der Waals surface area contributed by atoms with Crippen molar-refractivity contribution in [2.24, 2.45) is 0 Å². The third-order valence-electron chi connectivity index (χ3n) is 3.16. The highest BCUT2D eigenvalue weighted by Gasteiger charge is 2.47. The molecule has 5 heteroatoms. The van der Waals surface area contributed by atoms with E-state index in [0.717, 1.165) is 5.56 Å². The third-order valence-corrected chi connectivity index (χ3v) is 3.16. The number of hydrogen-bond donors (Lipinski definition) is 1. The van der Waals surface area contributed by atoms with Gasteiger partial charge in [-0.15, -0.1) is 0 Å². The molecule has 2 rings (SSSR count). The molecule has 22 heavy (non-hydrogen) atoms. The largest absolute Gasteiger partial charge is 0.479 e. The molecule has 0 spiro atoms. The van der Waals surface area contributed by atoms with Gasteiger partial charge in [-0.2, -0.15) is 0 Å². The Morgan fingerprint density at radius 1 is 1.27 bits per heavy atom. The predicted octanol–water partition coefficient (Wildman–Crippen LogP) is 3.32. The maximum absolute atomic E-state index is 12.1. The van der Waals surface area contributed by atoms with E-state index in [1.54, 1.807) is 13.0 Å². The van der Waals surface area contributed by atoms with E-state index in [9.17, 15) is 9.90 Å². The number of aliphatic carboxylic acids is 1. The molecular formula is C17H21NO4. The van der Waals surface area contributed by atoms with Crippen LogP contribution in [0.15, 0.2) is 40.9 Å². The van der Waals surface area contributed by atoms with Crippen molar-refractivity contribution in [3.05, 3.63) is 53.4 Å². The first-order valence-corrected chi connectivity index (χ1v) is 7.14. The first-order valence-electron chi connectivity index (χ1n) is 7.14. The standard InChI is InChI=1S/C17H21NO4/c1-12-10-14(18-21-12)17(15(19)20,22-16(2,3)4)11-13-8-6-5-7-9-13/h5-10H,11H2,1-4H3,(H,19,20). The Morgan fingerprint density at radius 2 is 1.91 bits per heavy atom. The number of aromatic nitrogens is 1. The fourth-order valence-corrected chi connectivity index (χ4v) is 2.37. The molecule has 1 atom stereocenters. The van der Waals surface area contributed by atoms with Crippen molar-refractivity contribution < 1.29 is 19.2 Å². The molecule has 1 aromatic carbocycles. The van der Waals surface area contributed by atoms with Gasteiger partial charge in [0.1, 0.15) is 11.5 Å². The van der Waals surface area contributed by atoms with Crippen molar-refractivity contribution in [1.29, 1.82) is 0 Å². The molecular weight excluding hydrogens is 282 g/mol. The second-order valence-corrected chi connectivity index (χ2v) is 6.33. The van der Waals surface area contributed by atoms with Crippen LogP contribution < -0.4 is 0 Å². The minimum Gasteiger partial charge on any atom is -0.479 e. The molecule has 0 aliphatic carbocycles. The lowest BCUT2D eigenvalue weighted by Gasteiger charge is -2.34. The highest BCUT2D eigenvalue weighted by molar-refractivity contribution is 5.79. The summed E-state index contributed by atoms with van der Waals surface area (Å²) in [5, 5.41) is 13.8. The lowest BCUT2D eigenvalue weighted by molar-refractivity contribution is -0.189. The first kappa shape index (κ1) is 16.2. The zero-order valence-electron chi connectivity index (χ0n) is 13.3. The average molecular weight is 303 g/mol. The van der Waals surface area contributed by atoms with Crippen molar-refractivity contribution in [3.63, 3.8) is 0 Å². The fraction of sp³-hybridized carbons (Fsp3) is 0.412. The lowest BCUT2D eigenvalue weighted by Crippen LogP contribution is -2.46. The van der Waals surface area contributed by atoms with Crippen LogP contribution in [0.25, 0.3) is 0 Å². The maximum Gasteiger partial charge on any atom is 0.342 e. The molecule has 0 saturated carbocycles. The number of carbonyl (C=O) groups is 1. The van der Waals surface area contributed by atoms with Gasteiger partial charge in [0.15, 0.2) is 0 Å². The number of rotatable bonds is 5. The Hall–Kier alpha value is -2.14. The van der Waals surface area contributed by atoms with E-state index in [-0.39, 0.29) is 12.1 Å². The molecule has 1 heterocycles. The van der Waals surface area contributed by atoms with Crippen LogP contribution in [0.1, 0.15) is 37.8 Å². The molecule has 0 radical (unpaired) electrons. The van der Waals surface area contributed by atoms with Gasteiger partial charge in [-0.3, -0.25) is 0 Å². The van der Waals surface area contributed by atoms with Gasteiger partial charge in [0, 0.05) is 12.5 Å². The zero-order valence-corrected chi connectivity index (χ0v) is 13.3. The Labute approximate surface area is 129 Å². The number of aryl methyl sites for hydroxylation is 1. The minimum absolute atomic E-state index is 0.173. The van der Waals surface area contributed by atoms with Gasteiger partial charge in [0.2, 0.25) is 5.60 Å². The summed E-state index contributed by atoms with van der Waals surface area (Å²) in [6, 6.07) is 11.0. The van der Waals surface area contributed by atoms with Crippen molar-refractivity contribution in [1.82, 2.24) is 5.16 Å². The van der Waals surface area contributed by atoms with Crippen molar-refractivity contribution in [2.75, 3.05) is 0 Å². The van der Waals surface area contributed by atoms with E-state index in [2.05, 4.69) is 5.16 Å². The van der Waals surface area contributed by atoms with Gasteiger partial charge in [0.25, 0.3) is 0 Å². The van der Waals surface area contributed by atoms with Gasteiger partial charge >= 0.3 is 5.97 Å². The summed E-state index contributed by atoms with van der Waals surface area (Å²) in [5.74, 6) is -0.536. The van der Waals surface area contributed by atoms with E-state index < -0.39 is 17.2 Å². The van der Waals surface area contributed by atoms with E-state index in [1.807, 2.05) is 51.1 Å². The van der Waals surface area contributed by atoms with Gasteiger partial charge in [0.05, 0.1) is 5.60 Å². The van der Waals surface area contributed by atoms with Crippen LogP contribution in [0.3, 0.4) is 0 Å². The summed E-state index contributed by atoms with van der Waals surface area (Å²) in [6.45, 7) is 7.19.